The number of rotatable bonds is 3. The van der Waals surface area contributed by atoms with Crippen LogP contribution in [0.2, 0.25) is 0 Å². The van der Waals surface area contributed by atoms with Gasteiger partial charge in [0, 0.05) is 32.7 Å². The number of aromatic nitrogens is 5. The van der Waals surface area contributed by atoms with Crippen molar-refractivity contribution in [2.24, 2.45) is 0 Å². The first-order valence-electron chi connectivity index (χ1n) is 6.52. The monoisotopic (exact) mass is 262 g/mol. The molecular formula is C11H18N8. The van der Waals surface area contributed by atoms with Crippen LogP contribution in [0.1, 0.15) is 6.92 Å². The van der Waals surface area contributed by atoms with E-state index in [1.54, 1.807) is 11.0 Å². The van der Waals surface area contributed by atoms with Gasteiger partial charge in [0.1, 0.15) is 6.33 Å². The van der Waals surface area contributed by atoms with Crippen LogP contribution in [-0.4, -0.2) is 68.1 Å². The lowest BCUT2D eigenvalue weighted by atomic mass is 10.4. The Morgan fingerprint density at radius 1 is 1.21 bits per heavy atom. The SMILES string of the molecule is CCn1nnc2c(NN3CCN(C)CC3)ncnc21. The quantitative estimate of drug-likeness (QED) is 0.822. The summed E-state index contributed by atoms with van der Waals surface area (Å²) in [6.45, 7) is 6.78. The van der Waals surface area contributed by atoms with E-state index in [4.69, 9.17) is 0 Å². The Morgan fingerprint density at radius 2 is 2.00 bits per heavy atom. The second-order valence-electron chi connectivity index (χ2n) is 4.70. The highest BCUT2D eigenvalue weighted by molar-refractivity contribution is 5.81. The maximum Gasteiger partial charge on any atom is 0.183 e. The van der Waals surface area contributed by atoms with Gasteiger partial charge in [0.2, 0.25) is 0 Å². The summed E-state index contributed by atoms with van der Waals surface area (Å²) in [5.41, 5.74) is 4.82. The van der Waals surface area contributed by atoms with Crippen LogP contribution in [0, 0.1) is 0 Å². The van der Waals surface area contributed by atoms with Crippen LogP contribution >= 0.6 is 0 Å². The van der Waals surface area contributed by atoms with Crippen molar-refractivity contribution in [3.05, 3.63) is 6.33 Å². The van der Waals surface area contributed by atoms with Gasteiger partial charge in [-0.2, -0.15) is 0 Å². The smallest absolute Gasteiger partial charge is 0.183 e. The van der Waals surface area contributed by atoms with Gasteiger partial charge in [-0.1, -0.05) is 5.21 Å². The van der Waals surface area contributed by atoms with Gasteiger partial charge < -0.3 is 10.3 Å². The molecule has 1 fully saturated rings. The maximum absolute atomic E-state index is 4.27. The van der Waals surface area contributed by atoms with E-state index in [0.29, 0.717) is 0 Å². The Bertz CT molecular complexity index is 557. The number of piperazine rings is 1. The number of likely N-dealkylation sites (N-methyl/N-ethyl adjacent to an activating group) is 1. The number of nitrogens with zero attached hydrogens (tertiary/aromatic N) is 7. The Morgan fingerprint density at radius 3 is 2.74 bits per heavy atom. The second-order valence-corrected chi connectivity index (χ2v) is 4.70. The van der Waals surface area contributed by atoms with Gasteiger partial charge in [0.25, 0.3) is 0 Å². The van der Waals surface area contributed by atoms with E-state index in [2.05, 4.69) is 42.7 Å². The first kappa shape index (κ1) is 12.2. The molecule has 2 aromatic rings. The summed E-state index contributed by atoms with van der Waals surface area (Å²) in [6.07, 6.45) is 1.55. The molecule has 0 bridgehead atoms. The molecule has 3 rings (SSSR count). The molecule has 3 heterocycles. The maximum atomic E-state index is 4.27. The molecule has 0 saturated carbocycles. The van der Waals surface area contributed by atoms with E-state index < -0.39 is 0 Å². The number of hydrogen-bond acceptors (Lipinski definition) is 7. The lowest BCUT2D eigenvalue weighted by Gasteiger charge is -2.32. The molecule has 0 radical (unpaired) electrons. The third-order valence-electron chi connectivity index (χ3n) is 3.37. The lowest BCUT2D eigenvalue weighted by molar-refractivity contribution is 0.178. The summed E-state index contributed by atoms with van der Waals surface area (Å²) in [5, 5.41) is 10.4. The highest BCUT2D eigenvalue weighted by atomic mass is 15.5. The molecule has 0 spiro atoms. The number of hydrazine groups is 1. The molecule has 1 saturated heterocycles. The Hall–Kier alpha value is -1.80. The van der Waals surface area contributed by atoms with Gasteiger partial charge in [-0.25, -0.2) is 19.7 Å². The van der Waals surface area contributed by atoms with Crippen molar-refractivity contribution in [3.8, 4) is 0 Å². The van der Waals surface area contributed by atoms with Crippen molar-refractivity contribution in [2.75, 3.05) is 38.7 Å². The van der Waals surface area contributed by atoms with Gasteiger partial charge in [-0.3, -0.25) is 0 Å². The summed E-state index contributed by atoms with van der Waals surface area (Å²) < 4.78 is 1.77. The molecule has 0 aromatic carbocycles. The van der Waals surface area contributed by atoms with Crippen LogP contribution in [-0.2, 0) is 6.54 Å². The molecule has 0 amide bonds. The molecule has 8 heteroatoms. The fourth-order valence-electron chi connectivity index (χ4n) is 2.15. The normalized spacial score (nSPS) is 18.0. The molecule has 0 aliphatic carbocycles. The van der Waals surface area contributed by atoms with Gasteiger partial charge in [-0.05, 0) is 14.0 Å². The van der Waals surface area contributed by atoms with E-state index in [1.165, 1.54) is 0 Å². The largest absolute Gasteiger partial charge is 0.304 e. The Labute approximate surface area is 111 Å². The highest BCUT2D eigenvalue weighted by Gasteiger charge is 2.17. The molecule has 1 aliphatic rings. The van der Waals surface area contributed by atoms with E-state index in [9.17, 15) is 0 Å². The fourth-order valence-corrected chi connectivity index (χ4v) is 2.15. The van der Waals surface area contributed by atoms with Crippen molar-refractivity contribution in [3.63, 3.8) is 0 Å². The van der Waals surface area contributed by atoms with E-state index in [1.807, 2.05) is 6.92 Å². The molecule has 2 aromatic heterocycles. The van der Waals surface area contributed by atoms with Crippen molar-refractivity contribution in [2.45, 2.75) is 13.5 Å². The Balaban J connectivity index is 1.83. The van der Waals surface area contributed by atoms with Crippen LogP contribution < -0.4 is 5.43 Å². The summed E-state index contributed by atoms with van der Waals surface area (Å²) >= 11 is 0. The van der Waals surface area contributed by atoms with Gasteiger partial charge >= 0.3 is 0 Å². The summed E-state index contributed by atoms with van der Waals surface area (Å²) in [7, 11) is 2.13. The molecule has 102 valence electrons. The second kappa shape index (κ2) is 5.06. The molecule has 0 unspecified atom stereocenters. The Kier molecular flexibility index (Phi) is 3.26. The minimum Gasteiger partial charge on any atom is -0.304 e. The molecule has 1 aliphatic heterocycles. The lowest BCUT2D eigenvalue weighted by Crippen LogP contribution is -2.47. The van der Waals surface area contributed by atoms with Crippen LogP contribution in [0.4, 0.5) is 5.82 Å². The first-order valence-corrected chi connectivity index (χ1v) is 6.52. The van der Waals surface area contributed by atoms with Crippen LogP contribution in [0.15, 0.2) is 6.33 Å². The average Bonchev–Trinajstić information content (AvgIpc) is 2.85. The number of nitrogens with one attached hydrogen (secondary N) is 1. The molecule has 19 heavy (non-hydrogen) atoms. The zero-order valence-corrected chi connectivity index (χ0v) is 11.2. The van der Waals surface area contributed by atoms with Gasteiger partial charge in [-0.15, -0.1) is 5.10 Å². The van der Waals surface area contributed by atoms with Crippen LogP contribution in [0.5, 0.6) is 0 Å². The van der Waals surface area contributed by atoms with E-state index >= 15 is 0 Å². The predicted octanol–water partition coefficient (Wildman–Crippen LogP) is -0.184. The van der Waals surface area contributed by atoms with Gasteiger partial charge in [0.05, 0.1) is 0 Å². The highest BCUT2D eigenvalue weighted by Crippen LogP contribution is 2.16. The number of aryl methyl sites for hydroxylation is 1. The number of hydrogen-bond donors (Lipinski definition) is 1. The summed E-state index contributed by atoms with van der Waals surface area (Å²) in [4.78, 5) is 10.8. The topological polar surface area (TPSA) is 75.0 Å². The first-order chi connectivity index (χ1) is 9.28. The van der Waals surface area contributed by atoms with E-state index in [0.717, 1.165) is 49.7 Å². The average molecular weight is 262 g/mol. The minimum absolute atomic E-state index is 0.725. The van der Waals surface area contributed by atoms with Crippen molar-refractivity contribution in [1.82, 2.24) is 34.9 Å². The summed E-state index contributed by atoms with van der Waals surface area (Å²) in [6, 6.07) is 0. The van der Waals surface area contributed by atoms with Crippen LogP contribution in [0.25, 0.3) is 11.2 Å². The predicted molar refractivity (Wildman–Crippen MR) is 71.5 cm³/mol. The van der Waals surface area contributed by atoms with E-state index in [-0.39, 0.29) is 0 Å². The molecule has 0 atom stereocenters. The van der Waals surface area contributed by atoms with Crippen molar-refractivity contribution >= 4 is 17.0 Å². The van der Waals surface area contributed by atoms with Crippen LogP contribution in [0.3, 0.4) is 0 Å². The zero-order chi connectivity index (χ0) is 13.2. The third kappa shape index (κ3) is 2.36. The minimum atomic E-state index is 0.725. The number of fused-ring (bicyclic) bond motifs is 1. The molecule has 1 N–H and O–H groups in total. The molecular weight excluding hydrogens is 244 g/mol. The summed E-state index contributed by atoms with van der Waals surface area (Å²) in [5.74, 6) is 0.731. The van der Waals surface area contributed by atoms with Crippen molar-refractivity contribution < 1.29 is 0 Å². The zero-order valence-electron chi connectivity index (χ0n) is 11.2. The number of anilines is 1. The standard InChI is InChI=1S/C11H18N8/c1-3-19-11-9(14-16-19)10(12-8-13-11)15-18-6-4-17(2)5-7-18/h8H,3-7H2,1-2H3,(H,12,13,15). The van der Waals surface area contributed by atoms with Crippen molar-refractivity contribution in [1.29, 1.82) is 0 Å². The fraction of sp³-hybridized carbons (Fsp3) is 0.636. The molecule has 8 nitrogen and oxygen atoms in total. The van der Waals surface area contributed by atoms with Gasteiger partial charge in [0.15, 0.2) is 17.0 Å². The third-order valence-corrected chi connectivity index (χ3v) is 3.37.